The predicted molar refractivity (Wildman–Crippen MR) is 28.7 cm³/mol. The van der Waals surface area contributed by atoms with Crippen molar-refractivity contribution in [2.24, 2.45) is 0 Å². The van der Waals surface area contributed by atoms with Crippen LogP contribution in [0.2, 0.25) is 0 Å². The average Bonchev–Trinajstić information content (AvgIpc) is 1.64. The highest BCUT2D eigenvalue weighted by molar-refractivity contribution is 5.07. The Morgan fingerprint density at radius 3 is 2.75 bits per heavy atom. The molecule has 41 valence electrons. The van der Waals surface area contributed by atoms with Crippen LogP contribution in [0.3, 0.4) is 0 Å². The Morgan fingerprint density at radius 1 is 1.62 bits per heavy atom. The zero-order chi connectivity index (χ0) is 5.98. The second-order valence-electron chi connectivity index (χ2n) is 1.47. The second-order valence-corrected chi connectivity index (χ2v) is 1.47. The van der Waals surface area contributed by atoms with Crippen molar-refractivity contribution in [2.75, 3.05) is 0 Å². The minimum atomic E-state index is -0.287. The topological polar surface area (TPSA) is 12.9 Å². The van der Waals surface area contributed by atoms with Gasteiger partial charge >= 0.3 is 0 Å². The third-order valence-electron chi connectivity index (χ3n) is 0.779. The molecule has 0 fully saturated rings. The maximum Gasteiger partial charge on any atom is 0.126 e. The zero-order valence-electron chi connectivity index (χ0n) is 4.26. The Labute approximate surface area is 47.2 Å². The van der Waals surface area contributed by atoms with Crippen LogP contribution in [0.25, 0.3) is 0 Å². The number of rotatable bonds is 0. The minimum Gasteiger partial charge on any atom is -0.261 e. The molecule has 0 amide bonds. The normalized spacial score (nSPS) is 9.25. The van der Waals surface area contributed by atoms with E-state index in [0.29, 0.717) is 5.69 Å². The third kappa shape index (κ3) is 1.03. The summed E-state index contributed by atoms with van der Waals surface area (Å²) in [6.07, 6.45) is 1.39. The molecule has 1 aromatic heterocycles. The lowest BCUT2D eigenvalue weighted by atomic mass is 10.4. The molecule has 1 radical (unpaired) electrons. The molecule has 0 aliphatic rings. The molecule has 0 aliphatic heterocycles. The molecular weight excluding hydrogens is 105 g/mol. The number of nitrogens with zero attached hydrogens (tertiary/aromatic N) is 1. The highest BCUT2D eigenvalue weighted by Gasteiger charge is 1.86. The lowest BCUT2D eigenvalue weighted by Crippen LogP contribution is -1.79. The van der Waals surface area contributed by atoms with Crippen LogP contribution >= 0.6 is 0 Å². The van der Waals surface area contributed by atoms with Gasteiger partial charge in [-0.25, -0.2) is 4.39 Å². The van der Waals surface area contributed by atoms with Crippen molar-refractivity contribution in [1.82, 2.24) is 4.98 Å². The molecule has 0 atom stereocenters. The number of hydrogen-bond acceptors (Lipinski definition) is 1. The molecule has 0 spiro atoms. The van der Waals surface area contributed by atoms with E-state index in [-0.39, 0.29) is 5.82 Å². The summed E-state index contributed by atoms with van der Waals surface area (Å²) in [4.78, 5) is 3.69. The van der Waals surface area contributed by atoms with Crippen molar-refractivity contribution in [3.63, 3.8) is 0 Å². The monoisotopic (exact) mass is 110 g/mol. The Morgan fingerprint density at radius 2 is 2.38 bits per heavy atom. The fourth-order valence-electron chi connectivity index (χ4n) is 0.449. The van der Waals surface area contributed by atoms with Gasteiger partial charge < -0.3 is 0 Å². The molecule has 1 rings (SSSR count). The van der Waals surface area contributed by atoms with E-state index in [1.54, 1.807) is 0 Å². The van der Waals surface area contributed by atoms with Crippen molar-refractivity contribution in [3.05, 3.63) is 36.8 Å². The van der Waals surface area contributed by atoms with E-state index in [1.165, 1.54) is 18.3 Å². The van der Waals surface area contributed by atoms with Gasteiger partial charge in [0, 0.05) is 11.9 Å². The van der Waals surface area contributed by atoms with Crippen molar-refractivity contribution >= 4 is 0 Å². The first kappa shape index (κ1) is 5.22. The first-order valence-electron chi connectivity index (χ1n) is 2.22. The molecule has 8 heavy (non-hydrogen) atoms. The molecule has 0 bridgehead atoms. The molecule has 1 aromatic rings. The predicted octanol–water partition coefficient (Wildman–Crippen LogP) is 1.40. The number of pyridine rings is 1. The van der Waals surface area contributed by atoms with Gasteiger partial charge in [0.15, 0.2) is 0 Å². The van der Waals surface area contributed by atoms with E-state index in [4.69, 9.17) is 0 Å². The summed E-state index contributed by atoms with van der Waals surface area (Å²) in [5, 5.41) is 0. The maximum absolute atomic E-state index is 12.1. The Balaban J connectivity index is 3.08. The highest BCUT2D eigenvalue weighted by atomic mass is 19.1. The molecular formula is C6H5FN. The molecule has 0 aromatic carbocycles. The van der Waals surface area contributed by atoms with Crippen LogP contribution in [0.1, 0.15) is 5.69 Å². The molecule has 0 aliphatic carbocycles. The lowest BCUT2D eigenvalue weighted by Gasteiger charge is -1.86. The van der Waals surface area contributed by atoms with Crippen molar-refractivity contribution in [2.45, 2.75) is 0 Å². The largest absolute Gasteiger partial charge is 0.261 e. The van der Waals surface area contributed by atoms with Crippen LogP contribution in [0.15, 0.2) is 18.3 Å². The van der Waals surface area contributed by atoms with Crippen molar-refractivity contribution in [1.29, 1.82) is 0 Å². The van der Waals surface area contributed by atoms with Crippen molar-refractivity contribution < 1.29 is 4.39 Å². The summed E-state index contributed by atoms with van der Waals surface area (Å²) in [6, 6.07) is 2.56. The SMILES string of the molecule is [CH2]c1cc(F)ccn1. The summed E-state index contributed by atoms with van der Waals surface area (Å²) >= 11 is 0. The summed E-state index contributed by atoms with van der Waals surface area (Å²) < 4.78 is 12.1. The molecule has 0 saturated heterocycles. The number of hydrogen-bond donors (Lipinski definition) is 0. The Hall–Kier alpha value is -0.920. The van der Waals surface area contributed by atoms with Crippen molar-refractivity contribution in [3.8, 4) is 0 Å². The standard InChI is InChI=1S/C6H5FN/c1-5-4-6(7)2-3-8-5/h2-4H,1H2. The van der Waals surface area contributed by atoms with E-state index >= 15 is 0 Å². The molecule has 0 N–H and O–H groups in total. The van der Waals surface area contributed by atoms with Gasteiger partial charge in [0.25, 0.3) is 0 Å². The molecule has 0 unspecified atom stereocenters. The van der Waals surface area contributed by atoms with E-state index in [1.807, 2.05) is 0 Å². The van der Waals surface area contributed by atoms with Crippen LogP contribution in [0.4, 0.5) is 4.39 Å². The van der Waals surface area contributed by atoms with Gasteiger partial charge in [0.1, 0.15) is 5.82 Å². The first-order valence-corrected chi connectivity index (χ1v) is 2.22. The number of halogens is 1. The quantitative estimate of drug-likeness (QED) is 0.492. The summed E-state index contributed by atoms with van der Waals surface area (Å²) in [7, 11) is 0. The molecule has 1 heterocycles. The highest BCUT2D eigenvalue weighted by Crippen LogP contribution is 1.95. The molecule has 0 saturated carbocycles. The van der Waals surface area contributed by atoms with Gasteiger partial charge in [-0.3, -0.25) is 4.98 Å². The number of aromatic nitrogens is 1. The molecule has 2 heteroatoms. The van der Waals surface area contributed by atoms with Crippen LogP contribution in [-0.2, 0) is 0 Å². The van der Waals surface area contributed by atoms with E-state index in [9.17, 15) is 4.39 Å². The Bertz CT molecular complexity index is 168. The van der Waals surface area contributed by atoms with Crippen LogP contribution in [0, 0.1) is 12.7 Å². The van der Waals surface area contributed by atoms with Gasteiger partial charge in [-0.05, 0) is 19.1 Å². The van der Waals surface area contributed by atoms with E-state index in [2.05, 4.69) is 11.9 Å². The maximum atomic E-state index is 12.1. The summed E-state index contributed by atoms with van der Waals surface area (Å²) in [5.41, 5.74) is 0.463. The Kier molecular flexibility index (Phi) is 1.24. The summed E-state index contributed by atoms with van der Waals surface area (Å²) in [5.74, 6) is -0.287. The second kappa shape index (κ2) is 1.90. The van der Waals surface area contributed by atoms with Gasteiger partial charge in [-0.15, -0.1) is 0 Å². The van der Waals surface area contributed by atoms with E-state index in [0.717, 1.165) is 0 Å². The smallest absolute Gasteiger partial charge is 0.126 e. The van der Waals surface area contributed by atoms with Crippen LogP contribution in [-0.4, -0.2) is 4.98 Å². The first-order chi connectivity index (χ1) is 3.79. The minimum absolute atomic E-state index is 0.287. The zero-order valence-corrected chi connectivity index (χ0v) is 4.26. The fourth-order valence-corrected chi connectivity index (χ4v) is 0.449. The fraction of sp³-hybridized carbons (Fsp3) is 0. The van der Waals surface area contributed by atoms with Gasteiger partial charge in [-0.1, -0.05) is 0 Å². The summed E-state index contributed by atoms with van der Waals surface area (Å²) in [6.45, 7) is 3.43. The molecule has 1 nitrogen and oxygen atoms in total. The lowest BCUT2D eigenvalue weighted by molar-refractivity contribution is 0.624. The third-order valence-corrected chi connectivity index (χ3v) is 0.779. The van der Waals surface area contributed by atoms with Crippen LogP contribution in [0.5, 0.6) is 0 Å². The van der Waals surface area contributed by atoms with Gasteiger partial charge in [-0.2, -0.15) is 0 Å². The van der Waals surface area contributed by atoms with Gasteiger partial charge in [0.05, 0.1) is 0 Å². The van der Waals surface area contributed by atoms with E-state index < -0.39 is 0 Å². The van der Waals surface area contributed by atoms with Gasteiger partial charge in [0.2, 0.25) is 0 Å². The average molecular weight is 110 g/mol. The van der Waals surface area contributed by atoms with Crippen LogP contribution < -0.4 is 0 Å².